The number of benzene rings is 2. The third kappa shape index (κ3) is 3.33. The molecule has 0 unspecified atom stereocenters. The number of hydrogen-bond acceptors (Lipinski definition) is 2. The molecule has 0 aliphatic heterocycles. The molecule has 0 aliphatic rings. The highest BCUT2D eigenvalue weighted by Crippen LogP contribution is 2.31. The maximum atomic E-state index is 11.9. The molecular formula is C19H22O2. The van der Waals surface area contributed by atoms with E-state index in [2.05, 4.69) is 6.92 Å². The number of Topliss-reactive ketones (excluding diaryl/α,β-unsaturated/α-hetero) is 1. The summed E-state index contributed by atoms with van der Waals surface area (Å²) in [6.07, 6.45) is 2.47. The summed E-state index contributed by atoms with van der Waals surface area (Å²) >= 11 is 0. The van der Waals surface area contributed by atoms with Crippen LogP contribution in [0.4, 0.5) is 0 Å². The van der Waals surface area contributed by atoms with E-state index in [0.29, 0.717) is 6.42 Å². The molecule has 2 aromatic carbocycles. The van der Waals surface area contributed by atoms with Crippen LogP contribution in [0.25, 0.3) is 11.1 Å². The van der Waals surface area contributed by atoms with Crippen molar-refractivity contribution in [2.75, 3.05) is 0 Å². The van der Waals surface area contributed by atoms with Crippen LogP contribution in [0.15, 0.2) is 36.4 Å². The summed E-state index contributed by atoms with van der Waals surface area (Å²) in [5, 5.41) is 9.75. The van der Waals surface area contributed by atoms with Gasteiger partial charge in [-0.05, 0) is 53.8 Å². The lowest BCUT2D eigenvalue weighted by Crippen LogP contribution is -2.00. The Balaban J connectivity index is 2.57. The van der Waals surface area contributed by atoms with E-state index in [4.69, 9.17) is 0 Å². The zero-order chi connectivity index (χ0) is 15.4. The second-order valence-corrected chi connectivity index (χ2v) is 5.40. The van der Waals surface area contributed by atoms with Gasteiger partial charge in [-0.3, -0.25) is 4.79 Å². The van der Waals surface area contributed by atoms with E-state index in [-0.39, 0.29) is 11.5 Å². The quantitative estimate of drug-likeness (QED) is 0.791. The normalized spacial score (nSPS) is 10.6. The van der Waals surface area contributed by atoms with Gasteiger partial charge in [-0.15, -0.1) is 0 Å². The number of aromatic hydroxyl groups is 1. The van der Waals surface area contributed by atoms with Crippen LogP contribution in [-0.4, -0.2) is 10.9 Å². The topological polar surface area (TPSA) is 37.3 Å². The van der Waals surface area contributed by atoms with Crippen molar-refractivity contribution in [3.8, 4) is 16.9 Å². The first-order chi connectivity index (χ1) is 10.1. The molecule has 2 rings (SSSR count). The standard InChI is InChI=1S/C19H22O2/c1-4-6-14-11-15(19(21)5-2)8-10-17(14)18-12-16(20)9-7-13(18)3/h7-12,20H,4-6H2,1-3H3. The smallest absolute Gasteiger partial charge is 0.162 e. The molecule has 0 aliphatic carbocycles. The molecule has 21 heavy (non-hydrogen) atoms. The second-order valence-electron chi connectivity index (χ2n) is 5.40. The molecule has 2 nitrogen and oxygen atoms in total. The average Bonchev–Trinajstić information content (AvgIpc) is 2.49. The lowest BCUT2D eigenvalue weighted by atomic mass is 9.91. The van der Waals surface area contributed by atoms with Gasteiger partial charge < -0.3 is 5.11 Å². The first-order valence-corrected chi connectivity index (χ1v) is 7.53. The van der Waals surface area contributed by atoms with Crippen molar-refractivity contribution in [1.29, 1.82) is 0 Å². The van der Waals surface area contributed by atoms with Gasteiger partial charge in [-0.1, -0.05) is 38.5 Å². The molecule has 0 radical (unpaired) electrons. The van der Waals surface area contributed by atoms with E-state index in [0.717, 1.165) is 35.1 Å². The first-order valence-electron chi connectivity index (χ1n) is 7.53. The molecule has 0 bridgehead atoms. The van der Waals surface area contributed by atoms with E-state index >= 15 is 0 Å². The molecule has 0 spiro atoms. The van der Waals surface area contributed by atoms with Crippen LogP contribution in [0.1, 0.15) is 48.2 Å². The fourth-order valence-electron chi connectivity index (χ4n) is 2.61. The maximum Gasteiger partial charge on any atom is 0.162 e. The van der Waals surface area contributed by atoms with Crippen molar-refractivity contribution in [3.63, 3.8) is 0 Å². The van der Waals surface area contributed by atoms with Gasteiger partial charge in [0.2, 0.25) is 0 Å². The van der Waals surface area contributed by atoms with Crippen molar-refractivity contribution in [2.24, 2.45) is 0 Å². The Morgan fingerprint density at radius 2 is 1.81 bits per heavy atom. The number of aryl methyl sites for hydroxylation is 2. The molecule has 0 saturated carbocycles. The summed E-state index contributed by atoms with van der Waals surface area (Å²) in [5.41, 5.74) is 5.22. The molecule has 0 atom stereocenters. The number of carbonyl (C=O) groups is 1. The van der Waals surface area contributed by atoms with E-state index in [9.17, 15) is 9.90 Å². The summed E-state index contributed by atoms with van der Waals surface area (Å²) in [4.78, 5) is 11.9. The van der Waals surface area contributed by atoms with Crippen LogP contribution in [-0.2, 0) is 6.42 Å². The minimum atomic E-state index is 0.173. The SMILES string of the molecule is CCCc1cc(C(=O)CC)ccc1-c1cc(O)ccc1C. The van der Waals surface area contributed by atoms with E-state index in [1.54, 1.807) is 12.1 Å². The fourth-order valence-corrected chi connectivity index (χ4v) is 2.61. The summed E-state index contributed by atoms with van der Waals surface area (Å²) < 4.78 is 0. The highest BCUT2D eigenvalue weighted by molar-refractivity contribution is 5.96. The third-order valence-electron chi connectivity index (χ3n) is 3.78. The van der Waals surface area contributed by atoms with Crippen LogP contribution in [0.3, 0.4) is 0 Å². The van der Waals surface area contributed by atoms with Crippen molar-refractivity contribution in [1.82, 2.24) is 0 Å². The van der Waals surface area contributed by atoms with Gasteiger partial charge in [-0.25, -0.2) is 0 Å². The largest absolute Gasteiger partial charge is 0.508 e. The van der Waals surface area contributed by atoms with Crippen LogP contribution in [0.2, 0.25) is 0 Å². The number of ketones is 1. The highest BCUT2D eigenvalue weighted by Gasteiger charge is 2.11. The Hall–Kier alpha value is -2.09. The Kier molecular flexibility index (Phi) is 4.79. The molecular weight excluding hydrogens is 260 g/mol. The summed E-state index contributed by atoms with van der Waals surface area (Å²) in [5.74, 6) is 0.443. The Labute approximate surface area is 126 Å². The highest BCUT2D eigenvalue weighted by atomic mass is 16.3. The van der Waals surface area contributed by atoms with E-state index < -0.39 is 0 Å². The van der Waals surface area contributed by atoms with Crippen molar-refractivity contribution >= 4 is 5.78 Å². The summed E-state index contributed by atoms with van der Waals surface area (Å²) in [6.45, 7) is 6.05. The third-order valence-corrected chi connectivity index (χ3v) is 3.78. The summed E-state index contributed by atoms with van der Waals surface area (Å²) in [7, 11) is 0. The van der Waals surface area contributed by atoms with Gasteiger partial charge in [-0.2, -0.15) is 0 Å². The molecule has 2 heteroatoms. The molecule has 2 aromatic rings. The predicted octanol–water partition coefficient (Wildman–Crippen LogP) is 4.91. The van der Waals surface area contributed by atoms with Gasteiger partial charge in [0.05, 0.1) is 0 Å². The van der Waals surface area contributed by atoms with Crippen molar-refractivity contribution < 1.29 is 9.90 Å². The molecule has 0 saturated heterocycles. The van der Waals surface area contributed by atoms with Crippen LogP contribution >= 0.6 is 0 Å². The molecule has 110 valence electrons. The number of rotatable bonds is 5. The fraction of sp³-hybridized carbons (Fsp3) is 0.316. The molecule has 0 fully saturated rings. The Morgan fingerprint density at radius 3 is 2.48 bits per heavy atom. The van der Waals surface area contributed by atoms with E-state index in [1.165, 1.54) is 5.56 Å². The average molecular weight is 282 g/mol. The summed E-state index contributed by atoms with van der Waals surface area (Å²) in [6, 6.07) is 11.3. The van der Waals surface area contributed by atoms with Crippen molar-refractivity contribution in [2.45, 2.75) is 40.0 Å². The predicted molar refractivity (Wildman–Crippen MR) is 86.9 cm³/mol. The van der Waals surface area contributed by atoms with Crippen LogP contribution < -0.4 is 0 Å². The zero-order valence-electron chi connectivity index (χ0n) is 12.9. The number of phenolic OH excluding ortho intramolecular Hbond substituents is 1. The van der Waals surface area contributed by atoms with Gasteiger partial charge >= 0.3 is 0 Å². The zero-order valence-corrected chi connectivity index (χ0v) is 12.9. The second kappa shape index (κ2) is 6.57. The monoisotopic (exact) mass is 282 g/mol. The van der Waals surface area contributed by atoms with Gasteiger partial charge in [0.15, 0.2) is 5.78 Å². The first kappa shape index (κ1) is 15.3. The maximum absolute atomic E-state index is 11.9. The molecule has 0 aromatic heterocycles. The van der Waals surface area contributed by atoms with Gasteiger partial charge in [0.25, 0.3) is 0 Å². The Morgan fingerprint density at radius 1 is 1.05 bits per heavy atom. The van der Waals surface area contributed by atoms with Crippen LogP contribution in [0, 0.1) is 6.92 Å². The Bertz CT molecular complexity index is 657. The number of hydrogen-bond donors (Lipinski definition) is 1. The lowest BCUT2D eigenvalue weighted by molar-refractivity contribution is 0.0988. The molecule has 0 heterocycles. The van der Waals surface area contributed by atoms with Crippen molar-refractivity contribution in [3.05, 3.63) is 53.1 Å². The van der Waals surface area contributed by atoms with Gasteiger partial charge in [0.1, 0.15) is 5.75 Å². The minimum Gasteiger partial charge on any atom is -0.508 e. The lowest BCUT2D eigenvalue weighted by Gasteiger charge is -2.13. The number of phenols is 1. The number of carbonyl (C=O) groups excluding carboxylic acids is 1. The van der Waals surface area contributed by atoms with Crippen LogP contribution in [0.5, 0.6) is 5.75 Å². The molecule has 1 N–H and O–H groups in total. The van der Waals surface area contributed by atoms with E-state index in [1.807, 2.05) is 38.1 Å². The van der Waals surface area contributed by atoms with Gasteiger partial charge in [0, 0.05) is 12.0 Å². The minimum absolute atomic E-state index is 0.173. The molecule has 0 amide bonds.